The number of rotatable bonds is 6. The van der Waals surface area contributed by atoms with Gasteiger partial charge in [-0.3, -0.25) is 9.59 Å². The number of amides is 2. The molecule has 2 aliphatic heterocycles. The largest absolute Gasteiger partial charge is 0.478 e. The first-order valence-corrected chi connectivity index (χ1v) is 9.57. The Hall–Kier alpha value is -2.31. The average Bonchev–Trinajstić information content (AvgIpc) is 3.09. The van der Waals surface area contributed by atoms with Crippen LogP contribution in [-0.2, 0) is 9.59 Å². The van der Waals surface area contributed by atoms with E-state index in [1.54, 1.807) is 4.90 Å². The number of carbonyl (C=O) groups is 2. The second-order valence-electron chi connectivity index (χ2n) is 6.69. The zero-order valence-electron chi connectivity index (χ0n) is 15.7. The highest BCUT2D eigenvalue weighted by Gasteiger charge is 2.35. The van der Waals surface area contributed by atoms with Crippen molar-refractivity contribution in [2.75, 3.05) is 44.2 Å². The van der Waals surface area contributed by atoms with Gasteiger partial charge in [0.15, 0.2) is 0 Å². The first kappa shape index (κ1) is 18.5. The smallest absolute Gasteiger partial charge is 0.245 e. The number of hydrogen-bond acceptors (Lipinski definition) is 5. The Balaban J connectivity index is 1.60. The lowest BCUT2D eigenvalue weighted by Crippen LogP contribution is -2.55. The average molecular weight is 360 g/mol. The topological polar surface area (TPSA) is 66.0 Å². The summed E-state index contributed by atoms with van der Waals surface area (Å²) in [5, 5.41) is 0. The maximum Gasteiger partial charge on any atom is 0.245 e. The number of ether oxygens (including phenoxy) is 1. The number of nitrogens with zero attached hydrogens (tertiary/aromatic N) is 4. The summed E-state index contributed by atoms with van der Waals surface area (Å²) < 4.78 is 5.47. The standard InChI is InChI=1S/C19H28N4O3/c1-3-15(23-10-6-9-18(23)24)19(25)22-13-11-21(12-14-22)16-7-5-8-17(20-16)26-4-2/h5,7-8,15H,3-4,6,9-14H2,1-2H3. The van der Waals surface area contributed by atoms with Crippen LogP contribution in [0.1, 0.15) is 33.1 Å². The number of hydrogen-bond donors (Lipinski definition) is 0. The second-order valence-corrected chi connectivity index (χ2v) is 6.69. The molecule has 0 spiro atoms. The third kappa shape index (κ3) is 3.92. The number of likely N-dealkylation sites (tertiary alicyclic amines) is 1. The highest BCUT2D eigenvalue weighted by molar-refractivity contribution is 5.88. The van der Waals surface area contributed by atoms with Crippen molar-refractivity contribution in [2.45, 2.75) is 39.2 Å². The Bertz CT molecular complexity index is 643. The van der Waals surface area contributed by atoms with Crippen molar-refractivity contribution in [3.8, 4) is 5.88 Å². The molecule has 26 heavy (non-hydrogen) atoms. The summed E-state index contributed by atoms with van der Waals surface area (Å²) in [6.07, 6.45) is 2.10. The number of pyridine rings is 1. The molecule has 1 unspecified atom stereocenters. The third-order valence-corrected chi connectivity index (χ3v) is 5.07. The number of piperazine rings is 1. The minimum absolute atomic E-state index is 0.0819. The zero-order chi connectivity index (χ0) is 18.5. The van der Waals surface area contributed by atoms with Crippen LogP contribution in [0, 0.1) is 0 Å². The molecule has 0 N–H and O–H groups in total. The fourth-order valence-corrected chi connectivity index (χ4v) is 3.70. The van der Waals surface area contributed by atoms with Crippen molar-refractivity contribution in [3.05, 3.63) is 18.2 Å². The van der Waals surface area contributed by atoms with E-state index in [9.17, 15) is 9.59 Å². The van der Waals surface area contributed by atoms with E-state index in [0.717, 1.165) is 25.3 Å². The van der Waals surface area contributed by atoms with E-state index >= 15 is 0 Å². The summed E-state index contributed by atoms with van der Waals surface area (Å²) in [7, 11) is 0. The van der Waals surface area contributed by atoms with Gasteiger partial charge in [0.25, 0.3) is 0 Å². The summed E-state index contributed by atoms with van der Waals surface area (Å²) in [6.45, 7) is 7.98. The predicted molar refractivity (Wildman–Crippen MR) is 99.2 cm³/mol. The minimum Gasteiger partial charge on any atom is -0.478 e. The van der Waals surface area contributed by atoms with Gasteiger partial charge in [0.2, 0.25) is 17.7 Å². The highest BCUT2D eigenvalue weighted by atomic mass is 16.5. The molecule has 0 bridgehead atoms. The molecule has 0 radical (unpaired) electrons. The molecule has 0 aromatic carbocycles. The monoisotopic (exact) mass is 360 g/mol. The second kappa shape index (κ2) is 8.38. The lowest BCUT2D eigenvalue weighted by atomic mass is 10.1. The van der Waals surface area contributed by atoms with Gasteiger partial charge in [-0.1, -0.05) is 13.0 Å². The molecule has 2 saturated heterocycles. The summed E-state index contributed by atoms with van der Waals surface area (Å²) in [5.74, 6) is 1.70. The van der Waals surface area contributed by atoms with Gasteiger partial charge in [0.1, 0.15) is 11.9 Å². The van der Waals surface area contributed by atoms with Gasteiger partial charge in [0.05, 0.1) is 6.61 Å². The van der Waals surface area contributed by atoms with Crippen LogP contribution in [0.3, 0.4) is 0 Å². The van der Waals surface area contributed by atoms with Crippen molar-refractivity contribution in [1.29, 1.82) is 0 Å². The molecule has 3 heterocycles. The van der Waals surface area contributed by atoms with Gasteiger partial charge in [-0.2, -0.15) is 4.98 Å². The molecule has 2 aliphatic rings. The molecule has 0 saturated carbocycles. The van der Waals surface area contributed by atoms with E-state index < -0.39 is 0 Å². The van der Waals surface area contributed by atoms with Crippen molar-refractivity contribution in [1.82, 2.24) is 14.8 Å². The summed E-state index contributed by atoms with van der Waals surface area (Å²) in [4.78, 5) is 35.3. The molecule has 2 amide bonds. The Labute approximate surface area is 154 Å². The summed E-state index contributed by atoms with van der Waals surface area (Å²) in [6, 6.07) is 5.45. The van der Waals surface area contributed by atoms with Gasteiger partial charge >= 0.3 is 0 Å². The van der Waals surface area contributed by atoms with Crippen molar-refractivity contribution >= 4 is 17.6 Å². The molecular formula is C19H28N4O3. The number of carbonyl (C=O) groups excluding carboxylic acids is 2. The van der Waals surface area contributed by atoms with Crippen molar-refractivity contribution < 1.29 is 14.3 Å². The molecule has 1 aromatic rings. The molecule has 142 valence electrons. The molecule has 1 aromatic heterocycles. The molecule has 3 rings (SSSR count). The highest BCUT2D eigenvalue weighted by Crippen LogP contribution is 2.21. The van der Waals surface area contributed by atoms with Crippen LogP contribution < -0.4 is 9.64 Å². The van der Waals surface area contributed by atoms with Gasteiger partial charge in [-0.05, 0) is 25.8 Å². The fraction of sp³-hybridized carbons (Fsp3) is 0.632. The number of aromatic nitrogens is 1. The molecule has 7 nitrogen and oxygen atoms in total. The summed E-state index contributed by atoms with van der Waals surface area (Å²) >= 11 is 0. The Morgan fingerprint density at radius 2 is 1.96 bits per heavy atom. The zero-order valence-corrected chi connectivity index (χ0v) is 15.7. The van der Waals surface area contributed by atoms with Crippen LogP contribution >= 0.6 is 0 Å². The van der Waals surface area contributed by atoms with Crippen LogP contribution in [0.4, 0.5) is 5.82 Å². The van der Waals surface area contributed by atoms with Crippen LogP contribution in [-0.4, -0.2) is 72.0 Å². The third-order valence-electron chi connectivity index (χ3n) is 5.07. The van der Waals surface area contributed by atoms with Gasteiger partial charge in [0, 0.05) is 45.2 Å². The Kier molecular flexibility index (Phi) is 5.96. The fourth-order valence-electron chi connectivity index (χ4n) is 3.70. The van der Waals surface area contributed by atoms with Gasteiger partial charge in [-0.15, -0.1) is 0 Å². The number of anilines is 1. The quantitative estimate of drug-likeness (QED) is 0.770. The van der Waals surface area contributed by atoms with Gasteiger partial charge in [-0.25, -0.2) is 0 Å². The normalized spacial score (nSPS) is 19.0. The van der Waals surface area contributed by atoms with Crippen LogP contribution in [0.2, 0.25) is 0 Å². The SMILES string of the molecule is CCOc1cccc(N2CCN(C(=O)C(CC)N3CCCC3=O)CC2)n1. The van der Waals surface area contributed by atoms with Crippen molar-refractivity contribution in [3.63, 3.8) is 0 Å². The van der Waals surface area contributed by atoms with Crippen LogP contribution in [0.25, 0.3) is 0 Å². The predicted octanol–water partition coefficient (Wildman–Crippen LogP) is 1.53. The van der Waals surface area contributed by atoms with E-state index in [-0.39, 0.29) is 17.9 Å². The van der Waals surface area contributed by atoms with E-state index in [4.69, 9.17) is 4.74 Å². The Morgan fingerprint density at radius 1 is 1.19 bits per heavy atom. The van der Waals surface area contributed by atoms with E-state index in [1.807, 2.05) is 36.9 Å². The van der Waals surface area contributed by atoms with E-state index in [1.165, 1.54) is 0 Å². The first-order valence-electron chi connectivity index (χ1n) is 9.57. The van der Waals surface area contributed by atoms with E-state index in [0.29, 0.717) is 45.0 Å². The van der Waals surface area contributed by atoms with E-state index in [2.05, 4.69) is 9.88 Å². The van der Waals surface area contributed by atoms with Crippen LogP contribution in [0.5, 0.6) is 5.88 Å². The lowest BCUT2D eigenvalue weighted by Gasteiger charge is -2.38. The van der Waals surface area contributed by atoms with Crippen LogP contribution in [0.15, 0.2) is 18.2 Å². The molecule has 2 fully saturated rings. The summed E-state index contributed by atoms with van der Waals surface area (Å²) in [5.41, 5.74) is 0. The first-order chi connectivity index (χ1) is 12.6. The minimum atomic E-state index is -0.309. The van der Waals surface area contributed by atoms with Gasteiger partial charge < -0.3 is 19.4 Å². The maximum absolute atomic E-state index is 12.9. The Morgan fingerprint density at radius 3 is 2.58 bits per heavy atom. The molecule has 1 atom stereocenters. The molecular weight excluding hydrogens is 332 g/mol. The lowest BCUT2D eigenvalue weighted by molar-refractivity contribution is -0.143. The molecule has 7 heteroatoms. The maximum atomic E-state index is 12.9. The van der Waals surface area contributed by atoms with Crippen molar-refractivity contribution in [2.24, 2.45) is 0 Å². The molecule has 0 aliphatic carbocycles.